The van der Waals surface area contributed by atoms with E-state index in [1.807, 2.05) is 30.1 Å². The molecule has 0 bridgehead atoms. The number of anilines is 1. The van der Waals surface area contributed by atoms with Crippen molar-refractivity contribution in [2.24, 2.45) is 12.9 Å². The van der Waals surface area contributed by atoms with Crippen molar-refractivity contribution >= 4 is 5.82 Å². The van der Waals surface area contributed by atoms with Gasteiger partial charge in [-0.15, -0.1) is 0 Å². The Kier molecular flexibility index (Phi) is 2.39. The smallest absolute Gasteiger partial charge is 0.176 e. The highest BCUT2D eigenvalue weighted by Crippen LogP contribution is 2.21. The third-order valence-corrected chi connectivity index (χ3v) is 2.14. The van der Waals surface area contributed by atoms with Crippen LogP contribution in [0.1, 0.15) is 0 Å². The zero-order valence-corrected chi connectivity index (χ0v) is 8.24. The summed E-state index contributed by atoms with van der Waals surface area (Å²) in [4.78, 5) is 3.86. The van der Waals surface area contributed by atoms with Gasteiger partial charge in [-0.2, -0.15) is 0 Å². The van der Waals surface area contributed by atoms with E-state index >= 15 is 0 Å². The second-order valence-electron chi connectivity index (χ2n) is 3.26. The number of nitrogen functional groups attached to an aromatic ring is 1. The molecule has 0 atom stereocenters. The van der Waals surface area contributed by atoms with E-state index < -0.39 is 5.82 Å². The predicted octanol–water partition coefficient (Wildman–Crippen LogP) is 1.51. The average Bonchev–Trinajstić information content (AvgIpc) is 2.65. The fourth-order valence-corrected chi connectivity index (χ4v) is 1.38. The summed E-state index contributed by atoms with van der Waals surface area (Å²) < 4.78 is 15.2. The SMILES string of the molecule is Cn1ccc(-c2cnc(NN)c(F)c2)c1. The monoisotopic (exact) mass is 206 g/mol. The van der Waals surface area contributed by atoms with E-state index in [2.05, 4.69) is 10.4 Å². The maximum atomic E-state index is 13.3. The van der Waals surface area contributed by atoms with Gasteiger partial charge in [-0.05, 0) is 12.1 Å². The maximum Gasteiger partial charge on any atom is 0.176 e. The van der Waals surface area contributed by atoms with Crippen LogP contribution in [0.25, 0.3) is 11.1 Å². The molecule has 2 aromatic rings. The first-order valence-corrected chi connectivity index (χ1v) is 4.45. The minimum atomic E-state index is -0.459. The van der Waals surface area contributed by atoms with Gasteiger partial charge in [0, 0.05) is 36.8 Å². The summed E-state index contributed by atoms with van der Waals surface area (Å²) in [5, 5.41) is 0. The van der Waals surface area contributed by atoms with Crippen molar-refractivity contribution in [3.8, 4) is 11.1 Å². The fourth-order valence-electron chi connectivity index (χ4n) is 1.38. The Labute approximate surface area is 86.5 Å². The van der Waals surface area contributed by atoms with Gasteiger partial charge in [-0.3, -0.25) is 0 Å². The van der Waals surface area contributed by atoms with Crippen molar-refractivity contribution in [3.63, 3.8) is 0 Å². The standard InChI is InChI=1S/C10H11FN4/c1-15-3-2-7(6-15)8-4-9(11)10(14-12)13-5-8/h2-6H,12H2,1H3,(H,13,14). The first-order valence-electron chi connectivity index (χ1n) is 4.45. The Morgan fingerprint density at radius 2 is 2.27 bits per heavy atom. The summed E-state index contributed by atoms with van der Waals surface area (Å²) >= 11 is 0. The van der Waals surface area contributed by atoms with Crippen LogP contribution in [0.2, 0.25) is 0 Å². The summed E-state index contributed by atoms with van der Waals surface area (Å²) in [7, 11) is 1.91. The van der Waals surface area contributed by atoms with Crippen LogP contribution in [0.15, 0.2) is 30.7 Å². The summed E-state index contributed by atoms with van der Waals surface area (Å²) in [6.45, 7) is 0. The number of aromatic nitrogens is 2. The molecule has 2 aromatic heterocycles. The quantitative estimate of drug-likeness (QED) is 0.578. The predicted molar refractivity (Wildman–Crippen MR) is 56.4 cm³/mol. The number of hydrogen-bond donors (Lipinski definition) is 2. The van der Waals surface area contributed by atoms with Gasteiger partial charge in [0.1, 0.15) is 0 Å². The van der Waals surface area contributed by atoms with Crippen molar-refractivity contribution in [2.75, 3.05) is 5.43 Å². The van der Waals surface area contributed by atoms with Crippen molar-refractivity contribution < 1.29 is 4.39 Å². The van der Waals surface area contributed by atoms with E-state index in [-0.39, 0.29) is 5.82 Å². The van der Waals surface area contributed by atoms with Gasteiger partial charge < -0.3 is 9.99 Å². The van der Waals surface area contributed by atoms with Crippen molar-refractivity contribution in [1.29, 1.82) is 0 Å². The summed E-state index contributed by atoms with van der Waals surface area (Å²) in [6, 6.07) is 3.30. The molecule has 78 valence electrons. The average molecular weight is 206 g/mol. The number of nitrogens with two attached hydrogens (primary N) is 1. The lowest BCUT2D eigenvalue weighted by atomic mass is 10.1. The van der Waals surface area contributed by atoms with Crippen molar-refractivity contribution in [1.82, 2.24) is 9.55 Å². The highest BCUT2D eigenvalue weighted by molar-refractivity contribution is 5.63. The number of hydrazine groups is 1. The second-order valence-corrected chi connectivity index (χ2v) is 3.26. The van der Waals surface area contributed by atoms with Gasteiger partial charge in [0.05, 0.1) is 0 Å². The molecule has 0 spiro atoms. The number of hydrogen-bond acceptors (Lipinski definition) is 3. The van der Waals surface area contributed by atoms with E-state index in [4.69, 9.17) is 5.84 Å². The summed E-state index contributed by atoms with van der Waals surface area (Å²) in [6.07, 6.45) is 5.36. The molecule has 0 saturated heterocycles. The minimum Gasteiger partial charge on any atom is -0.357 e. The first-order chi connectivity index (χ1) is 7.20. The lowest BCUT2D eigenvalue weighted by Gasteiger charge is -2.02. The molecule has 0 fully saturated rings. The lowest BCUT2D eigenvalue weighted by molar-refractivity contribution is 0.625. The molecular weight excluding hydrogens is 195 g/mol. The Bertz CT molecular complexity index is 478. The molecule has 0 aliphatic rings. The number of pyridine rings is 1. The summed E-state index contributed by atoms with van der Waals surface area (Å²) in [5.41, 5.74) is 3.84. The molecule has 5 heteroatoms. The van der Waals surface area contributed by atoms with Gasteiger partial charge in [-0.1, -0.05) is 0 Å². The molecule has 2 rings (SSSR count). The molecular formula is C10H11FN4. The first kappa shape index (κ1) is 9.67. The topological polar surface area (TPSA) is 55.9 Å². The molecule has 0 saturated carbocycles. The lowest BCUT2D eigenvalue weighted by Crippen LogP contribution is -2.10. The molecule has 2 heterocycles. The summed E-state index contributed by atoms with van der Waals surface area (Å²) in [5.74, 6) is 4.68. The zero-order valence-electron chi connectivity index (χ0n) is 8.24. The second kappa shape index (κ2) is 3.70. The molecule has 4 nitrogen and oxygen atoms in total. The maximum absolute atomic E-state index is 13.3. The van der Waals surface area contributed by atoms with Crippen LogP contribution >= 0.6 is 0 Å². The van der Waals surface area contributed by atoms with Crippen molar-refractivity contribution in [2.45, 2.75) is 0 Å². The highest BCUT2D eigenvalue weighted by atomic mass is 19.1. The molecule has 3 N–H and O–H groups in total. The van der Waals surface area contributed by atoms with Gasteiger partial charge in [0.25, 0.3) is 0 Å². The van der Waals surface area contributed by atoms with E-state index in [9.17, 15) is 4.39 Å². The molecule has 0 unspecified atom stereocenters. The van der Waals surface area contributed by atoms with Crippen LogP contribution in [0.4, 0.5) is 10.2 Å². The van der Waals surface area contributed by atoms with Crippen LogP contribution in [-0.4, -0.2) is 9.55 Å². The Hall–Kier alpha value is -1.88. The number of aryl methyl sites for hydroxylation is 1. The van der Waals surface area contributed by atoms with Crippen LogP contribution in [0, 0.1) is 5.82 Å². The molecule has 0 aliphatic carbocycles. The van der Waals surface area contributed by atoms with Crippen LogP contribution in [0.3, 0.4) is 0 Å². The highest BCUT2D eigenvalue weighted by Gasteiger charge is 2.05. The van der Waals surface area contributed by atoms with Gasteiger partial charge in [-0.25, -0.2) is 15.2 Å². The number of nitrogens with zero attached hydrogens (tertiary/aromatic N) is 2. The Morgan fingerprint density at radius 1 is 1.47 bits per heavy atom. The van der Waals surface area contributed by atoms with E-state index in [1.54, 1.807) is 6.20 Å². The zero-order chi connectivity index (χ0) is 10.8. The Balaban J connectivity index is 2.42. The molecule has 0 radical (unpaired) electrons. The Morgan fingerprint density at radius 3 is 2.80 bits per heavy atom. The number of halogens is 1. The normalized spacial score (nSPS) is 10.3. The third-order valence-electron chi connectivity index (χ3n) is 2.14. The van der Waals surface area contributed by atoms with Crippen LogP contribution in [0.5, 0.6) is 0 Å². The molecule has 15 heavy (non-hydrogen) atoms. The molecule has 0 aromatic carbocycles. The number of nitrogens with one attached hydrogen (secondary N) is 1. The van der Waals surface area contributed by atoms with E-state index in [0.29, 0.717) is 0 Å². The van der Waals surface area contributed by atoms with Gasteiger partial charge in [0.15, 0.2) is 11.6 Å². The largest absolute Gasteiger partial charge is 0.357 e. The van der Waals surface area contributed by atoms with Gasteiger partial charge in [0.2, 0.25) is 0 Å². The fraction of sp³-hybridized carbons (Fsp3) is 0.100. The number of rotatable bonds is 2. The van der Waals surface area contributed by atoms with Crippen molar-refractivity contribution in [3.05, 3.63) is 36.5 Å². The van der Waals surface area contributed by atoms with E-state index in [0.717, 1.165) is 11.1 Å². The minimum absolute atomic E-state index is 0.0506. The van der Waals surface area contributed by atoms with Gasteiger partial charge >= 0.3 is 0 Å². The molecule has 0 amide bonds. The van der Waals surface area contributed by atoms with Crippen LogP contribution < -0.4 is 11.3 Å². The van der Waals surface area contributed by atoms with E-state index in [1.165, 1.54) is 6.07 Å². The molecule has 0 aliphatic heterocycles. The van der Waals surface area contributed by atoms with Crippen LogP contribution in [-0.2, 0) is 7.05 Å². The third kappa shape index (κ3) is 1.82.